The van der Waals surface area contributed by atoms with E-state index in [4.69, 9.17) is 0 Å². The fourth-order valence-corrected chi connectivity index (χ4v) is 8.16. The lowest BCUT2D eigenvalue weighted by atomic mass is 9.85. The summed E-state index contributed by atoms with van der Waals surface area (Å²) < 4.78 is 2.35. The van der Waals surface area contributed by atoms with Crippen molar-refractivity contribution in [1.82, 2.24) is 9.55 Å². The number of aryl methyl sites for hydroxylation is 1. The first kappa shape index (κ1) is 30.1. The number of fused-ring (bicyclic) bond motifs is 5. The Morgan fingerprint density at radius 2 is 0.904 bits per heavy atom. The molecule has 0 N–H and O–H groups in total. The molecule has 2 heteroatoms. The highest BCUT2D eigenvalue weighted by Gasteiger charge is 2.18. The van der Waals surface area contributed by atoms with Crippen molar-refractivity contribution in [1.29, 1.82) is 0 Å². The van der Waals surface area contributed by atoms with Gasteiger partial charge in [0.1, 0.15) is 0 Å². The molecule has 2 nitrogen and oxygen atoms in total. The zero-order valence-corrected chi connectivity index (χ0v) is 28.8. The van der Waals surface area contributed by atoms with Gasteiger partial charge >= 0.3 is 0 Å². The molecule has 0 atom stereocenters. The van der Waals surface area contributed by atoms with Crippen LogP contribution in [0.15, 0.2) is 188 Å². The van der Waals surface area contributed by atoms with Gasteiger partial charge in [-0.3, -0.25) is 4.98 Å². The van der Waals surface area contributed by atoms with Gasteiger partial charge in [0.2, 0.25) is 0 Å². The third-order valence-corrected chi connectivity index (χ3v) is 10.5. The van der Waals surface area contributed by atoms with Crippen molar-refractivity contribution in [3.05, 3.63) is 194 Å². The Morgan fingerprint density at radius 3 is 1.60 bits per heavy atom. The summed E-state index contributed by atoms with van der Waals surface area (Å²) in [4.78, 5) is 4.53. The van der Waals surface area contributed by atoms with E-state index in [9.17, 15) is 0 Å². The number of aromatic nitrogens is 2. The first-order valence-electron chi connectivity index (χ1n) is 17.9. The molecule has 2 heterocycles. The summed E-state index contributed by atoms with van der Waals surface area (Å²) in [5.41, 5.74) is 14.5. The smallest absolute Gasteiger partial charge is 0.0571 e. The highest BCUT2D eigenvalue weighted by atomic mass is 15.0. The number of hydrogen-bond donors (Lipinski definition) is 0. The van der Waals surface area contributed by atoms with Crippen molar-refractivity contribution in [2.24, 2.45) is 0 Å². The molecule has 244 valence electrons. The molecule has 2 aromatic heterocycles. The molecule has 10 rings (SSSR count). The molecule has 0 saturated carbocycles. The Morgan fingerprint density at radius 1 is 0.365 bits per heavy atom. The van der Waals surface area contributed by atoms with Crippen molar-refractivity contribution < 1.29 is 0 Å². The van der Waals surface area contributed by atoms with Gasteiger partial charge < -0.3 is 4.57 Å². The standard InChI is InChI=1S/C50H34N2/c1-33-12-10-19-40(28-33)52-47-25-23-39(30-44(47)46-32-51-27-26-48(46)52)37-18-11-17-36(29-37)38-22-24-43-45(31-38)50(35-15-6-3-7-16-35)42-21-9-8-20-41(42)49(43)34-13-4-2-5-14-34/h2-32H,1H3. The maximum absolute atomic E-state index is 4.53. The summed E-state index contributed by atoms with van der Waals surface area (Å²) in [6.45, 7) is 2.15. The first-order valence-corrected chi connectivity index (χ1v) is 17.9. The summed E-state index contributed by atoms with van der Waals surface area (Å²) in [5.74, 6) is 0. The van der Waals surface area contributed by atoms with Gasteiger partial charge in [0.15, 0.2) is 0 Å². The number of nitrogens with zero attached hydrogens (tertiary/aromatic N) is 2. The van der Waals surface area contributed by atoms with E-state index in [1.807, 2.05) is 12.4 Å². The van der Waals surface area contributed by atoms with Crippen molar-refractivity contribution in [3.63, 3.8) is 0 Å². The predicted molar refractivity (Wildman–Crippen MR) is 220 cm³/mol. The van der Waals surface area contributed by atoms with Crippen LogP contribution in [0.1, 0.15) is 5.56 Å². The van der Waals surface area contributed by atoms with Crippen LogP contribution in [-0.4, -0.2) is 9.55 Å². The Labute approximate surface area is 302 Å². The van der Waals surface area contributed by atoms with Gasteiger partial charge in [-0.2, -0.15) is 0 Å². The van der Waals surface area contributed by atoms with Crippen molar-refractivity contribution in [2.75, 3.05) is 0 Å². The minimum atomic E-state index is 1.15. The highest BCUT2D eigenvalue weighted by molar-refractivity contribution is 6.22. The largest absolute Gasteiger partial charge is 0.309 e. The number of rotatable bonds is 5. The number of pyridine rings is 1. The van der Waals surface area contributed by atoms with Crippen LogP contribution < -0.4 is 0 Å². The second kappa shape index (κ2) is 12.2. The summed E-state index contributed by atoms with van der Waals surface area (Å²) in [6, 6.07) is 64.2. The Bertz CT molecular complexity index is 2950. The lowest BCUT2D eigenvalue weighted by Gasteiger charge is -2.19. The van der Waals surface area contributed by atoms with Crippen LogP contribution in [0.4, 0.5) is 0 Å². The monoisotopic (exact) mass is 662 g/mol. The summed E-state index contributed by atoms with van der Waals surface area (Å²) in [5, 5.41) is 7.40. The molecule has 0 radical (unpaired) electrons. The molecule has 52 heavy (non-hydrogen) atoms. The zero-order valence-electron chi connectivity index (χ0n) is 28.8. The van der Waals surface area contributed by atoms with Crippen molar-refractivity contribution in [2.45, 2.75) is 6.92 Å². The maximum Gasteiger partial charge on any atom is 0.0571 e. The molecular formula is C50H34N2. The molecule has 0 spiro atoms. The van der Waals surface area contributed by atoms with Crippen LogP contribution >= 0.6 is 0 Å². The third-order valence-electron chi connectivity index (χ3n) is 10.5. The SMILES string of the molecule is Cc1cccc(-n2c3ccncc3c3cc(-c4cccc(-c5ccc6c(-c7ccccc7)c7ccccc7c(-c7ccccc7)c6c5)c4)ccc32)c1. The molecule has 0 fully saturated rings. The fourth-order valence-electron chi connectivity index (χ4n) is 8.16. The Hall–Kier alpha value is -6.77. The normalized spacial score (nSPS) is 11.6. The third kappa shape index (κ3) is 4.92. The van der Waals surface area contributed by atoms with Gasteiger partial charge in [0.05, 0.1) is 11.0 Å². The lowest BCUT2D eigenvalue weighted by molar-refractivity contribution is 1.17. The second-order valence-electron chi connectivity index (χ2n) is 13.7. The van der Waals surface area contributed by atoms with Gasteiger partial charge in [-0.1, -0.05) is 133 Å². The van der Waals surface area contributed by atoms with Crippen molar-refractivity contribution >= 4 is 43.4 Å². The van der Waals surface area contributed by atoms with E-state index in [1.165, 1.54) is 82.5 Å². The van der Waals surface area contributed by atoms with Gasteiger partial charge in [-0.25, -0.2) is 0 Å². The Balaban J connectivity index is 1.16. The van der Waals surface area contributed by atoms with E-state index in [0.717, 1.165) is 16.6 Å². The molecule has 0 unspecified atom stereocenters. The average Bonchev–Trinajstić information content (AvgIpc) is 3.54. The number of hydrogen-bond acceptors (Lipinski definition) is 1. The summed E-state index contributed by atoms with van der Waals surface area (Å²) in [6.07, 6.45) is 3.88. The first-order chi connectivity index (χ1) is 25.7. The van der Waals surface area contributed by atoms with Gasteiger partial charge in [-0.05, 0) is 121 Å². The van der Waals surface area contributed by atoms with Crippen LogP contribution in [0, 0.1) is 6.92 Å². The second-order valence-corrected chi connectivity index (χ2v) is 13.7. The minimum Gasteiger partial charge on any atom is -0.309 e. The fraction of sp³-hybridized carbons (Fsp3) is 0.0200. The van der Waals surface area contributed by atoms with E-state index in [2.05, 4.69) is 192 Å². The Kier molecular flexibility index (Phi) is 7.07. The highest BCUT2D eigenvalue weighted by Crippen LogP contribution is 2.45. The lowest BCUT2D eigenvalue weighted by Crippen LogP contribution is -1.94. The van der Waals surface area contributed by atoms with Gasteiger partial charge in [0.25, 0.3) is 0 Å². The van der Waals surface area contributed by atoms with E-state index in [0.29, 0.717) is 0 Å². The molecule has 0 aliphatic rings. The van der Waals surface area contributed by atoms with Crippen LogP contribution in [-0.2, 0) is 0 Å². The van der Waals surface area contributed by atoms with E-state index >= 15 is 0 Å². The van der Waals surface area contributed by atoms with Gasteiger partial charge in [-0.15, -0.1) is 0 Å². The molecular weight excluding hydrogens is 629 g/mol. The minimum absolute atomic E-state index is 1.15. The maximum atomic E-state index is 4.53. The zero-order chi connectivity index (χ0) is 34.6. The molecule has 0 bridgehead atoms. The van der Waals surface area contributed by atoms with Crippen LogP contribution in [0.3, 0.4) is 0 Å². The summed E-state index contributed by atoms with van der Waals surface area (Å²) >= 11 is 0. The quantitative estimate of drug-likeness (QED) is 0.168. The van der Waals surface area contributed by atoms with Crippen LogP contribution in [0.25, 0.3) is 93.5 Å². The molecule has 0 aliphatic carbocycles. The molecule has 0 amide bonds. The molecule has 10 aromatic rings. The van der Waals surface area contributed by atoms with Gasteiger partial charge in [0, 0.05) is 28.9 Å². The van der Waals surface area contributed by atoms with E-state index in [1.54, 1.807) is 0 Å². The predicted octanol–water partition coefficient (Wildman–Crippen LogP) is 13.5. The number of benzene rings is 8. The molecule has 0 saturated heterocycles. The van der Waals surface area contributed by atoms with Crippen LogP contribution in [0.5, 0.6) is 0 Å². The molecule has 0 aliphatic heterocycles. The molecule has 8 aromatic carbocycles. The topological polar surface area (TPSA) is 17.8 Å². The van der Waals surface area contributed by atoms with Crippen molar-refractivity contribution in [3.8, 4) is 50.2 Å². The van der Waals surface area contributed by atoms with E-state index < -0.39 is 0 Å². The van der Waals surface area contributed by atoms with E-state index in [-0.39, 0.29) is 0 Å². The van der Waals surface area contributed by atoms with Crippen LogP contribution in [0.2, 0.25) is 0 Å². The average molecular weight is 663 g/mol. The summed E-state index contributed by atoms with van der Waals surface area (Å²) in [7, 11) is 0.